The van der Waals surface area contributed by atoms with E-state index in [1.54, 1.807) is 29.4 Å². The van der Waals surface area contributed by atoms with Crippen molar-refractivity contribution in [3.8, 4) is 0 Å². The lowest BCUT2D eigenvalue weighted by molar-refractivity contribution is -0.139. The van der Waals surface area contributed by atoms with Crippen LogP contribution in [0.3, 0.4) is 0 Å². The molecule has 0 radical (unpaired) electrons. The Morgan fingerprint density at radius 3 is 2.57 bits per heavy atom. The van der Waals surface area contributed by atoms with E-state index in [0.29, 0.717) is 12.0 Å². The topological polar surface area (TPSA) is 147 Å². The molecule has 1 heterocycles. The minimum Gasteiger partial charge on any atom is -0.345 e. The van der Waals surface area contributed by atoms with E-state index in [9.17, 15) is 22.8 Å². The van der Waals surface area contributed by atoms with Crippen molar-refractivity contribution in [2.24, 2.45) is 0 Å². The van der Waals surface area contributed by atoms with Crippen LogP contribution in [0.1, 0.15) is 31.7 Å². The predicted molar refractivity (Wildman–Crippen MR) is 99.8 cm³/mol. The van der Waals surface area contributed by atoms with Gasteiger partial charge in [0.1, 0.15) is 6.04 Å². The van der Waals surface area contributed by atoms with Crippen LogP contribution in [0.25, 0.3) is 0 Å². The molecule has 1 rings (SSSR count). The fourth-order valence-corrected chi connectivity index (χ4v) is 2.27. The van der Waals surface area contributed by atoms with E-state index in [1.807, 2.05) is 6.92 Å². The Kier molecular flexibility index (Phi) is 9.48. The number of aromatic nitrogens is 1. The number of unbranched alkanes of at least 4 members (excludes halogenated alkanes) is 1. The van der Waals surface area contributed by atoms with Gasteiger partial charge in [-0.05, 0) is 22.9 Å². The van der Waals surface area contributed by atoms with Gasteiger partial charge in [0.05, 0.1) is 0 Å². The van der Waals surface area contributed by atoms with Crippen LogP contribution in [0.5, 0.6) is 0 Å². The van der Waals surface area contributed by atoms with Crippen LogP contribution in [0, 0.1) is 0 Å². The third-order valence-corrected chi connectivity index (χ3v) is 4.83. The van der Waals surface area contributed by atoms with Crippen molar-refractivity contribution in [2.45, 2.75) is 38.8 Å². The molecule has 0 saturated heterocycles. The number of ketones is 1. The van der Waals surface area contributed by atoms with Crippen LogP contribution in [-0.4, -0.2) is 55.6 Å². The van der Waals surface area contributed by atoms with E-state index in [1.165, 1.54) is 14.1 Å². The van der Waals surface area contributed by atoms with Gasteiger partial charge < -0.3 is 15.5 Å². The Morgan fingerprint density at radius 1 is 1.29 bits per heavy atom. The lowest BCUT2D eigenvalue weighted by Crippen LogP contribution is -2.49. The SMILES string of the molecule is CCCCC(NC(=O)ONS(=O)(=O)N(C)C)C(=O)C(=O)NCc1cccnc1. The summed E-state index contributed by atoms with van der Waals surface area (Å²) in [7, 11) is -1.51. The van der Waals surface area contributed by atoms with Crippen molar-refractivity contribution < 1.29 is 27.6 Å². The highest BCUT2D eigenvalue weighted by atomic mass is 32.2. The molecule has 156 valence electrons. The summed E-state index contributed by atoms with van der Waals surface area (Å²) in [5.41, 5.74) is 0.708. The second-order valence-corrected chi connectivity index (χ2v) is 7.85. The monoisotopic (exact) mass is 415 g/mol. The Labute approximate surface area is 164 Å². The first-order valence-electron chi connectivity index (χ1n) is 8.55. The molecule has 1 atom stereocenters. The van der Waals surface area contributed by atoms with Crippen LogP contribution in [0.15, 0.2) is 24.5 Å². The quantitative estimate of drug-likeness (QED) is 0.337. The van der Waals surface area contributed by atoms with Gasteiger partial charge in [-0.25, -0.2) is 4.79 Å². The highest BCUT2D eigenvalue weighted by Gasteiger charge is 2.27. The van der Waals surface area contributed by atoms with E-state index in [-0.39, 0.29) is 13.0 Å². The molecule has 1 unspecified atom stereocenters. The Morgan fingerprint density at radius 2 is 2.00 bits per heavy atom. The average molecular weight is 415 g/mol. The van der Waals surface area contributed by atoms with Crippen LogP contribution < -0.4 is 15.5 Å². The van der Waals surface area contributed by atoms with E-state index >= 15 is 0 Å². The highest BCUT2D eigenvalue weighted by Crippen LogP contribution is 2.04. The number of rotatable bonds is 11. The molecule has 0 saturated carbocycles. The van der Waals surface area contributed by atoms with Crippen LogP contribution in [0.4, 0.5) is 4.79 Å². The lowest BCUT2D eigenvalue weighted by Gasteiger charge is -2.17. The predicted octanol–water partition coefficient (Wildman–Crippen LogP) is -0.137. The summed E-state index contributed by atoms with van der Waals surface area (Å²) >= 11 is 0. The molecule has 0 aromatic carbocycles. The molecule has 0 aliphatic carbocycles. The zero-order valence-corrected chi connectivity index (χ0v) is 16.8. The first-order valence-corrected chi connectivity index (χ1v) is 9.99. The van der Waals surface area contributed by atoms with Gasteiger partial charge in [0.25, 0.3) is 5.91 Å². The maximum absolute atomic E-state index is 12.4. The standard InChI is InChI=1S/C16H25N5O6S/c1-4-5-8-13(19-16(24)27-20-28(25,26)21(2)3)14(22)15(23)18-11-12-7-6-9-17-10-12/h6-7,9-10,13,20H,4-5,8,11H2,1-3H3,(H,18,23)(H,19,24). The van der Waals surface area contributed by atoms with Crippen molar-refractivity contribution in [1.82, 2.24) is 24.8 Å². The summed E-state index contributed by atoms with van der Waals surface area (Å²) in [6.45, 7) is 1.99. The Balaban J connectivity index is 2.65. The van der Waals surface area contributed by atoms with Crippen LogP contribution in [-0.2, 0) is 31.2 Å². The zero-order chi connectivity index (χ0) is 21.2. The number of amides is 2. The van der Waals surface area contributed by atoms with E-state index < -0.39 is 34.0 Å². The summed E-state index contributed by atoms with van der Waals surface area (Å²) in [6.07, 6.45) is 3.43. The van der Waals surface area contributed by atoms with Crippen LogP contribution >= 0.6 is 0 Å². The fraction of sp³-hybridized carbons (Fsp3) is 0.500. The maximum Gasteiger partial charge on any atom is 0.427 e. The van der Waals surface area contributed by atoms with Crippen molar-refractivity contribution >= 4 is 28.0 Å². The fourth-order valence-electron chi connectivity index (χ4n) is 1.94. The van der Waals surface area contributed by atoms with E-state index in [4.69, 9.17) is 0 Å². The molecule has 2 amide bonds. The van der Waals surface area contributed by atoms with Gasteiger partial charge >= 0.3 is 16.3 Å². The second kappa shape index (κ2) is 11.3. The van der Waals surface area contributed by atoms with Gasteiger partial charge in [-0.2, -0.15) is 12.7 Å². The van der Waals surface area contributed by atoms with Crippen molar-refractivity contribution in [2.75, 3.05) is 14.1 Å². The summed E-state index contributed by atoms with van der Waals surface area (Å²) in [6, 6.07) is 2.28. The van der Waals surface area contributed by atoms with Gasteiger partial charge in [0, 0.05) is 33.0 Å². The summed E-state index contributed by atoms with van der Waals surface area (Å²) in [5, 5.41) is 4.67. The molecule has 0 aliphatic rings. The Bertz CT molecular complexity index is 769. The molecule has 12 heteroatoms. The number of carbonyl (C=O) groups excluding carboxylic acids is 3. The number of nitrogens with zero attached hydrogens (tertiary/aromatic N) is 2. The third kappa shape index (κ3) is 7.98. The molecule has 1 aromatic rings. The van der Waals surface area contributed by atoms with E-state index in [2.05, 4.69) is 20.5 Å². The molecule has 11 nitrogen and oxygen atoms in total. The molecule has 28 heavy (non-hydrogen) atoms. The van der Waals surface area contributed by atoms with Gasteiger partial charge in [0.15, 0.2) is 0 Å². The van der Waals surface area contributed by atoms with Crippen LogP contribution in [0.2, 0.25) is 0 Å². The minimum absolute atomic E-state index is 0.103. The number of hydrogen-bond donors (Lipinski definition) is 3. The number of pyridine rings is 1. The number of nitrogens with one attached hydrogen (secondary N) is 3. The Hall–Kier alpha value is -2.57. The molecule has 0 fully saturated rings. The first-order chi connectivity index (χ1) is 13.2. The van der Waals surface area contributed by atoms with Crippen molar-refractivity contribution in [3.63, 3.8) is 0 Å². The van der Waals surface area contributed by atoms with Gasteiger partial charge in [-0.15, -0.1) is 0 Å². The molecule has 3 N–H and O–H groups in total. The van der Waals surface area contributed by atoms with Crippen molar-refractivity contribution in [1.29, 1.82) is 0 Å². The second-order valence-electron chi connectivity index (χ2n) is 6.01. The largest absolute Gasteiger partial charge is 0.427 e. The third-order valence-electron chi connectivity index (χ3n) is 3.57. The molecular formula is C16H25N5O6S. The number of carbonyl (C=O) groups is 3. The molecule has 1 aromatic heterocycles. The summed E-state index contributed by atoms with van der Waals surface area (Å²) in [4.78, 5) is 46.2. The normalized spacial score (nSPS) is 12.3. The highest BCUT2D eigenvalue weighted by molar-refractivity contribution is 7.86. The van der Waals surface area contributed by atoms with Gasteiger partial charge in [0.2, 0.25) is 5.78 Å². The average Bonchev–Trinajstić information content (AvgIpc) is 2.67. The molecule has 0 bridgehead atoms. The van der Waals surface area contributed by atoms with Crippen molar-refractivity contribution in [3.05, 3.63) is 30.1 Å². The molecule has 0 aliphatic heterocycles. The maximum atomic E-state index is 12.4. The van der Waals surface area contributed by atoms with Gasteiger partial charge in [-0.3, -0.25) is 14.6 Å². The number of Topliss-reactive ketones (excluding diaryl/α,β-unsaturated/α-hetero) is 1. The minimum atomic E-state index is -3.99. The molecular weight excluding hydrogens is 390 g/mol. The lowest BCUT2D eigenvalue weighted by atomic mass is 10.1. The van der Waals surface area contributed by atoms with E-state index in [0.717, 1.165) is 10.7 Å². The smallest absolute Gasteiger partial charge is 0.345 e. The summed E-state index contributed by atoms with van der Waals surface area (Å²) in [5.74, 6) is -1.73. The molecule has 0 spiro atoms. The number of hydrogen-bond acceptors (Lipinski definition) is 7. The first kappa shape index (κ1) is 23.5. The van der Waals surface area contributed by atoms with Gasteiger partial charge in [-0.1, -0.05) is 25.8 Å². The zero-order valence-electron chi connectivity index (χ0n) is 16.0. The summed E-state index contributed by atoms with van der Waals surface area (Å²) < 4.78 is 23.9.